The minimum atomic E-state index is -0.981. The first-order valence-corrected chi connectivity index (χ1v) is 18.0. The second-order valence-corrected chi connectivity index (χ2v) is 14.7. The molecule has 2 fully saturated rings. The molecule has 1 saturated carbocycles. The van der Waals surface area contributed by atoms with E-state index in [4.69, 9.17) is 4.63 Å². The van der Waals surface area contributed by atoms with Gasteiger partial charge in [-0.3, -0.25) is 19.2 Å². The molecule has 0 spiro atoms. The van der Waals surface area contributed by atoms with Crippen molar-refractivity contribution in [3.8, 4) is 0 Å². The maximum atomic E-state index is 15.8. The molecule has 0 bridgehead atoms. The average Bonchev–Trinajstić information content (AvgIpc) is 3.82. The first-order valence-electron chi connectivity index (χ1n) is 17.2. The van der Waals surface area contributed by atoms with Gasteiger partial charge in [-0.15, -0.1) is 5.10 Å². The fourth-order valence-electron chi connectivity index (χ4n) is 6.62. The Bertz CT molecular complexity index is 1640. The molecule has 16 heteroatoms. The lowest BCUT2D eigenvalue weighted by atomic mass is 9.76. The van der Waals surface area contributed by atoms with E-state index in [-0.39, 0.29) is 40.5 Å². The van der Waals surface area contributed by atoms with Crippen LogP contribution < -0.4 is 16.0 Å². The lowest BCUT2D eigenvalue weighted by Gasteiger charge is -2.36. The molecule has 3 atom stereocenters. The smallest absolute Gasteiger partial charge is 0.275 e. The van der Waals surface area contributed by atoms with E-state index in [1.54, 1.807) is 17.9 Å². The quantitative estimate of drug-likeness (QED) is 0.251. The molecule has 50 heavy (non-hydrogen) atoms. The average molecular weight is 712 g/mol. The van der Waals surface area contributed by atoms with Crippen molar-refractivity contribution in [1.82, 2.24) is 40.3 Å². The van der Waals surface area contributed by atoms with Crippen molar-refractivity contribution in [3.63, 3.8) is 0 Å². The summed E-state index contributed by atoms with van der Waals surface area (Å²) in [5.74, 6) is -3.09. The molecule has 1 aliphatic heterocycles. The minimum absolute atomic E-state index is 0.00689. The first kappa shape index (κ1) is 37.0. The van der Waals surface area contributed by atoms with Gasteiger partial charge in [0.05, 0.1) is 17.8 Å². The number of likely N-dealkylation sites (N-methyl/N-ethyl adjacent to an activating group) is 1. The summed E-state index contributed by atoms with van der Waals surface area (Å²) in [6.45, 7) is 10.1. The third kappa shape index (κ3) is 8.88. The highest BCUT2D eigenvalue weighted by molar-refractivity contribution is 7.07. The summed E-state index contributed by atoms with van der Waals surface area (Å²) in [5.41, 5.74) is 0.967. The Morgan fingerprint density at radius 2 is 1.74 bits per heavy atom. The zero-order valence-electron chi connectivity index (χ0n) is 29.1. The van der Waals surface area contributed by atoms with Crippen LogP contribution in [0.2, 0.25) is 0 Å². The molecular formula is C34H46FN9O5S. The maximum Gasteiger partial charge on any atom is 0.275 e. The summed E-state index contributed by atoms with van der Waals surface area (Å²) in [4.78, 5) is 57.7. The molecule has 0 radical (unpaired) electrons. The number of carbonyl (C=O) groups excluding carboxylic acids is 4. The van der Waals surface area contributed by atoms with Gasteiger partial charge in [0, 0.05) is 44.6 Å². The van der Waals surface area contributed by atoms with E-state index >= 15 is 4.39 Å². The van der Waals surface area contributed by atoms with E-state index in [0.29, 0.717) is 43.4 Å². The van der Waals surface area contributed by atoms with Crippen LogP contribution in [0.25, 0.3) is 0 Å². The van der Waals surface area contributed by atoms with E-state index in [1.165, 1.54) is 18.3 Å². The molecule has 1 saturated heterocycles. The molecule has 3 aromatic rings. The highest BCUT2D eigenvalue weighted by atomic mass is 32.1. The van der Waals surface area contributed by atoms with Crippen LogP contribution in [-0.2, 0) is 9.59 Å². The van der Waals surface area contributed by atoms with Gasteiger partial charge in [0.2, 0.25) is 11.8 Å². The van der Waals surface area contributed by atoms with Crippen LogP contribution in [0.1, 0.15) is 96.6 Å². The highest BCUT2D eigenvalue weighted by Crippen LogP contribution is 2.34. The highest BCUT2D eigenvalue weighted by Gasteiger charge is 2.35. The van der Waals surface area contributed by atoms with Gasteiger partial charge in [-0.2, -0.15) is 0 Å². The number of nitrogens with zero attached hydrogens (tertiary/aromatic N) is 6. The van der Waals surface area contributed by atoms with Gasteiger partial charge >= 0.3 is 0 Å². The van der Waals surface area contributed by atoms with Crippen LogP contribution in [0, 0.1) is 23.6 Å². The van der Waals surface area contributed by atoms with Crippen molar-refractivity contribution < 1.29 is 28.2 Å². The molecule has 3 N–H and O–H groups in total. The van der Waals surface area contributed by atoms with Gasteiger partial charge < -0.3 is 25.8 Å². The van der Waals surface area contributed by atoms with Crippen LogP contribution in [0.3, 0.4) is 0 Å². The third-order valence-corrected chi connectivity index (χ3v) is 10.6. The molecule has 1 aliphatic carbocycles. The van der Waals surface area contributed by atoms with E-state index < -0.39 is 41.4 Å². The summed E-state index contributed by atoms with van der Waals surface area (Å²) < 4.78 is 24.3. The number of piperazine rings is 1. The van der Waals surface area contributed by atoms with Crippen LogP contribution in [0.15, 0.2) is 29.0 Å². The molecule has 4 amide bonds. The summed E-state index contributed by atoms with van der Waals surface area (Å²) >= 11 is 0.918. The standard InChI is InChI=1S/C34H46FN9O5S/c1-19(2)28-30(41-49-40-28)33(47)36-17-24(22-8-6-20(3)7-9-22)31(45)38-26-11-10-23(16-25(26)35)21(4)29(39-32(46)27-18-37-42-50-27)34(48)44-14-12-43(5)13-15-44/h10-11,16,18-22,24,29H,6-9,12-15,17H2,1-5H3,(H,36,47)(H,38,45)(H,39,46)/t20?,21-,22?,24-,29+/m0/s1. The van der Waals surface area contributed by atoms with Gasteiger partial charge in [-0.1, -0.05) is 56.2 Å². The van der Waals surface area contributed by atoms with Gasteiger partial charge in [-0.25, -0.2) is 9.02 Å². The van der Waals surface area contributed by atoms with Crippen LogP contribution in [0.5, 0.6) is 0 Å². The van der Waals surface area contributed by atoms with Crippen molar-refractivity contribution in [3.05, 3.63) is 52.0 Å². The van der Waals surface area contributed by atoms with E-state index in [1.807, 2.05) is 20.9 Å². The zero-order valence-corrected chi connectivity index (χ0v) is 30.0. The van der Waals surface area contributed by atoms with Gasteiger partial charge in [0.25, 0.3) is 11.8 Å². The molecule has 2 aromatic heterocycles. The first-order chi connectivity index (χ1) is 23.9. The number of halogens is 1. The SMILES string of the molecule is CC1CCC([C@H](CNC(=O)c2nonc2C(C)C)C(=O)Nc2ccc([C@H](C)[C@@H](NC(=O)c3cnns3)C(=O)N3CCN(C)CC3)cc2F)CC1. The Morgan fingerprint density at radius 1 is 1.02 bits per heavy atom. The van der Waals surface area contributed by atoms with Crippen molar-refractivity contribution in [2.45, 2.75) is 71.3 Å². The van der Waals surface area contributed by atoms with Crippen molar-refractivity contribution >= 4 is 40.8 Å². The van der Waals surface area contributed by atoms with E-state index in [9.17, 15) is 19.2 Å². The molecule has 2 aliphatic rings. The van der Waals surface area contributed by atoms with Gasteiger partial charge in [0.15, 0.2) is 5.69 Å². The Morgan fingerprint density at radius 3 is 2.38 bits per heavy atom. The summed E-state index contributed by atoms with van der Waals surface area (Å²) in [5, 5.41) is 19.8. The van der Waals surface area contributed by atoms with Crippen molar-refractivity contribution in [2.24, 2.45) is 17.8 Å². The molecule has 1 aromatic carbocycles. The molecule has 3 heterocycles. The van der Waals surface area contributed by atoms with Crippen molar-refractivity contribution in [2.75, 3.05) is 45.1 Å². The number of nitrogens with one attached hydrogen (secondary N) is 3. The second kappa shape index (κ2) is 16.6. The maximum absolute atomic E-state index is 15.8. The number of hydrogen-bond donors (Lipinski definition) is 3. The predicted octanol–water partition coefficient (Wildman–Crippen LogP) is 3.67. The monoisotopic (exact) mass is 711 g/mol. The molecule has 270 valence electrons. The number of hydrogen-bond acceptors (Lipinski definition) is 11. The zero-order chi connectivity index (χ0) is 35.9. The number of benzene rings is 1. The topological polar surface area (TPSA) is 176 Å². The summed E-state index contributed by atoms with van der Waals surface area (Å²) in [6, 6.07) is 3.43. The lowest BCUT2D eigenvalue weighted by Crippen LogP contribution is -2.55. The summed E-state index contributed by atoms with van der Waals surface area (Å²) in [6.07, 6.45) is 4.86. The fourth-order valence-corrected chi connectivity index (χ4v) is 7.04. The number of anilines is 1. The Hall–Kier alpha value is -4.31. The summed E-state index contributed by atoms with van der Waals surface area (Å²) in [7, 11) is 1.98. The van der Waals surface area contributed by atoms with Gasteiger partial charge in [-0.05, 0) is 66.1 Å². The third-order valence-electron chi connectivity index (χ3n) is 9.95. The number of aromatic nitrogens is 4. The van der Waals surface area contributed by atoms with E-state index in [2.05, 4.69) is 47.7 Å². The molecule has 0 unspecified atom stereocenters. The van der Waals surface area contributed by atoms with Crippen molar-refractivity contribution in [1.29, 1.82) is 0 Å². The normalized spacial score (nSPS) is 20.2. The number of carbonyl (C=O) groups is 4. The number of amides is 4. The van der Waals surface area contributed by atoms with Crippen LogP contribution in [-0.4, -0.2) is 99.1 Å². The Balaban J connectivity index is 1.31. The van der Waals surface area contributed by atoms with E-state index in [0.717, 1.165) is 37.2 Å². The molecule has 5 rings (SSSR count). The largest absolute Gasteiger partial charge is 0.350 e. The van der Waals surface area contributed by atoms with Crippen LogP contribution >= 0.6 is 11.5 Å². The minimum Gasteiger partial charge on any atom is -0.350 e. The van der Waals surface area contributed by atoms with Crippen LogP contribution in [0.4, 0.5) is 10.1 Å². The van der Waals surface area contributed by atoms with Gasteiger partial charge in [0.1, 0.15) is 22.4 Å². The molecule has 14 nitrogen and oxygen atoms in total. The molecular weight excluding hydrogens is 665 g/mol. The lowest BCUT2D eigenvalue weighted by molar-refractivity contribution is -0.135. The Kier molecular flexibility index (Phi) is 12.3. The second-order valence-electron chi connectivity index (χ2n) is 13.9. The Labute approximate surface area is 295 Å². The number of rotatable bonds is 12. The predicted molar refractivity (Wildman–Crippen MR) is 184 cm³/mol. The fraction of sp³-hybridized carbons (Fsp3) is 0.588.